The van der Waals surface area contributed by atoms with Crippen molar-refractivity contribution < 1.29 is 13.2 Å². The number of rotatable bonds is 10. The van der Waals surface area contributed by atoms with Gasteiger partial charge in [-0.3, -0.25) is 9.59 Å². The zero-order valence-corrected chi connectivity index (χ0v) is 19.6. The average Bonchev–Trinajstić information content (AvgIpc) is 3.26. The Balaban J connectivity index is 1.66. The molecule has 1 aromatic carbocycles. The molecular weight excluding hydrogens is 472 g/mol. The van der Waals surface area contributed by atoms with Crippen molar-refractivity contribution in [3.05, 3.63) is 52.3 Å². The number of unbranched alkanes of at least 4 members (excludes halogenated alkanes) is 1. The van der Waals surface area contributed by atoms with Gasteiger partial charge in [0.25, 0.3) is 15.6 Å². The van der Waals surface area contributed by atoms with Crippen LogP contribution in [0.3, 0.4) is 0 Å². The van der Waals surface area contributed by atoms with Gasteiger partial charge in [-0.1, -0.05) is 25.1 Å². The van der Waals surface area contributed by atoms with Crippen LogP contribution in [0.4, 0.5) is 16.6 Å². The molecule has 3 aromatic rings. The van der Waals surface area contributed by atoms with Crippen LogP contribution >= 0.6 is 23.1 Å². The van der Waals surface area contributed by atoms with Gasteiger partial charge in [-0.15, -0.1) is 11.3 Å². The number of nitrogens with zero attached hydrogens (tertiary/aromatic N) is 3. The first kappa shape index (κ1) is 23.8. The van der Waals surface area contributed by atoms with Gasteiger partial charge in [0.2, 0.25) is 5.91 Å². The van der Waals surface area contributed by atoms with Crippen LogP contribution in [0.5, 0.6) is 0 Å². The molecule has 2 aromatic heterocycles. The summed E-state index contributed by atoms with van der Waals surface area (Å²) in [6.45, 7) is 2.32. The van der Waals surface area contributed by atoms with Crippen molar-refractivity contribution >= 4 is 55.7 Å². The lowest BCUT2D eigenvalue weighted by Crippen LogP contribution is -2.32. The molecule has 0 saturated carbocycles. The predicted molar refractivity (Wildman–Crippen MR) is 127 cm³/mol. The number of H-pyrrole nitrogens is 1. The number of nitrogens with one attached hydrogen (secondary N) is 2. The molecule has 0 spiro atoms. The largest absolute Gasteiger partial charge is 0.383 e. The van der Waals surface area contributed by atoms with Gasteiger partial charge in [0, 0.05) is 29.9 Å². The molecule has 0 saturated heterocycles. The summed E-state index contributed by atoms with van der Waals surface area (Å²) >= 11 is 2.29. The second-order valence-corrected chi connectivity index (χ2v) is 10.3. The van der Waals surface area contributed by atoms with Crippen LogP contribution in [0.25, 0.3) is 0 Å². The summed E-state index contributed by atoms with van der Waals surface area (Å²) in [5.74, 6) is -0.288. The Hall–Kier alpha value is -2.90. The monoisotopic (exact) mass is 494 g/mol. The van der Waals surface area contributed by atoms with Gasteiger partial charge in [0.05, 0.1) is 10.6 Å². The van der Waals surface area contributed by atoms with E-state index in [9.17, 15) is 18.0 Å². The van der Waals surface area contributed by atoms with Gasteiger partial charge in [0.1, 0.15) is 5.82 Å². The van der Waals surface area contributed by atoms with Gasteiger partial charge < -0.3 is 16.0 Å². The van der Waals surface area contributed by atoms with Crippen LogP contribution in [0.1, 0.15) is 19.8 Å². The molecule has 0 atom stereocenters. The van der Waals surface area contributed by atoms with E-state index in [2.05, 4.69) is 20.3 Å². The number of hydrogen-bond donors (Lipinski definition) is 3. The molecule has 170 valence electrons. The van der Waals surface area contributed by atoms with E-state index in [-0.39, 0.29) is 27.5 Å². The minimum absolute atomic E-state index is 0.0126. The summed E-state index contributed by atoms with van der Waals surface area (Å²) in [7, 11) is -3.79. The van der Waals surface area contributed by atoms with E-state index in [1.807, 2.05) is 6.92 Å². The predicted octanol–water partition coefficient (Wildman–Crippen LogP) is 2.53. The number of hydrogen-bond acceptors (Lipinski definition) is 9. The molecule has 0 aliphatic heterocycles. The number of anilines is 3. The number of carbonyl (C=O) groups excluding carboxylic acids is 1. The molecule has 0 bridgehead atoms. The highest BCUT2D eigenvalue weighted by atomic mass is 32.2. The molecule has 13 heteroatoms. The van der Waals surface area contributed by atoms with Crippen molar-refractivity contribution in [3.63, 3.8) is 0 Å². The maximum atomic E-state index is 13.1. The van der Waals surface area contributed by atoms with E-state index < -0.39 is 15.6 Å². The van der Waals surface area contributed by atoms with E-state index in [1.165, 1.54) is 39.9 Å². The van der Waals surface area contributed by atoms with E-state index in [1.54, 1.807) is 11.6 Å². The Labute approximate surface area is 193 Å². The Kier molecular flexibility index (Phi) is 7.88. The first-order chi connectivity index (χ1) is 15.3. The molecule has 4 N–H and O–H groups in total. The Morgan fingerprint density at radius 3 is 2.69 bits per heavy atom. The van der Waals surface area contributed by atoms with Crippen molar-refractivity contribution in [2.75, 3.05) is 27.7 Å². The second kappa shape index (κ2) is 10.6. The minimum atomic E-state index is -3.79. The molecule has 1 amide bonds. The minimum Gasteiger partial charge on any atom is -0.383 e. The van der Waals surface area contributed by atoms with Crippen LogP contribution in [0, 0.1) is 0 Å². The molecule has 0 unspecified atom stereocenters. The summed E-state index contributed by atoms with van der Waals surface area (Å²) < 4.78 is 27.6. The van der Waals surface area contributed by atoms with Crippen LogP contribution in [0.2, 0.25) is 0 Å². The average molecular weight is 495 g/mol. The Bertz CT molecular complexity index is 1210. The van der Waals surface area contributed by atoms with E-state index in [4.69, 9.17) is 5.73 Å². The smallest absolute Gasteiger partial charge is 0.266 e. The lowest BCUT2D eigenvalue weighted by molar-refractivity contribution is -0.113. The summed E-state index contributed by atoms with van der Waals surface area (Å²) in [6, 6.07) is 7.09. The molecule has 2 heterocycles. The third-order valence-corrected chi connectivity index (χ3v) is 7.74. The lowest BCUT2D eigenvalue weighted by atomic mass is 10.3. The normalized spacial score (nSPS) is 11.3. The van der Waals surface area contributed by atoms with Gasteiger partial charge in [0.15, 0.2) is 10.3 Å². The Morgan fingerprint density at radius 2 is 2.06 bits per heavy atom. The van der Waals surface area contributed by atoms with E-state index in [0.29, 0.717) is 23.8 Å². The number of aromatic nitrogens is 3. The third-order valence-electron chi connectivity index (χ3n) is 4.15. The highest BCUT2D eigenvalue weighted by molar-refractivity contribution is 7.99. The first-order valence-corrected chi connectivity index (χ1v) is 12.9. The van der Waals surface area contributed by atoms with Crippen LogP contribution < -0.4 is 20.9 Å². The van der Waals surface area contributed by atoms with Crippen molar-refractivity contribution in [1.29, 1.82) is 0 Å². The van der Waals surface area contributed by atoms with Gasteiger partial charge in [-0.25, -0.2) is 22.7 Å². The maximum absolute atomic E-state index is 13.1. The van der Waals surface area contributed by atoms with Gasteiger partial charge >= 0.3 is 0 Å². The second-order valence-electron chi connectivity index (χ2n) is 6.58. The fourth-order valence-electron chi connectivity index (χ4n) is 2.65. The molecule has 0 aliphatic rings. The number of amides is 1. The molecule has 10 nitrogen and oxygen atoms in total. The topological polar surface area (TPSA) is 151 Å². The van der Waals surface area contributed by atoms with Crippen molar-refractivity contribution in [2.24, 2.45) is 0 Å². The Morgan fingerprint density at radius 1 is 1.31 bits per heavy atom. The number of aromatic amines is 1. The number of nitrogen functional groups attached to an aromatic ring is 1. The number of thioether (sulfide) groups is 1. The highest BCUT2D eigenvalue weighted by Gasteiger charge is 2.26. The summed E-state index contributed by atoms with van der Waals surface area (Å²) in [5.41, 5.74) is 5.56. The molecule has 32 heavy (non-hydrogen) atoms. The fraction of sp³-hybridized carbons (Fsp3) is 0.263. The molecule has 3 rings (SSSR count). The lowest BCUT2D eigenvalue weighted by Gasteiger charge is -2.21. The number of thiazole rings is 1. The zero-order valence-electron chi connectivity index (χ0n) is 17.1. The van der Waals surface area contributed by atoms with Crippen LogP contribution in [-0.2, 0) is 14.8 Å². The number of nitrogens with two attached hydrogens (primary N) is 1. The van der Waals surface area contributed by atoms with Crippen LogP contribution in [-0.4, -0.2) is 41.6 Å². The van der Waals surface area contributed by atoms with Crippen LogP contribution in [0.15, 0.2) is 56.8 Å². The van der Waals surface area contributed by atoms with E-state index >= 15 is 0 Å². The molecule has 0 aliphatic carbocycles. The molecular formula is C19H22N6O4S3. The highest BCUT2D eigenvalue weighted by Crippen LogP contribution is 2.27. The zero-order chi connectivity index (χ0) is 23.1. The maximum Gasteiger partial charge on any atom is 0.266 e. The SMILES string of the molecule is CCCCN(c1nccs1)S(=O)(=O)c1ccc(NC(=O)CSc2nc(N)cc(=O)[nH]2)cc1. The summed E-state index contributed by atoms with van der Waals surface area (Å²) in [5, 5.41) is 5.07. The quantitative estimate of drug-likeness (QED) is 0.287. The number of benzene rings is 1. The van der Waals surface area contributed by atoms with Crippen molar-refractivity contribution in [2.45, 2.75) is 29.8 Å². The number of sulfonamides is 1. The van der Waals surface area contributed by atoms with Gasteiger partial charge in [-0.2, -0.15) is 0 Å². The first-order valence-electron chi connectivity index (χ1n) is 9.61. The fourth-order valence-corrected chi connectivity index (χ4v) is 5.69. The molecule has 0 radical (unpaired) electrons. The third kappa shape index (κ3) is 6.08. The number of carbonyl (C=O) groups is 1. The summed E-state index contributed by atoms with van der Waals surface area (Å²) in [4.78, 5) is 34.3. The van der Waals surface area contributed by atoms with Gasteiger partial charge in [-0.05, 0) is 30.7 Å². The van der Waals surface area contributed by atoms with E-state index in [0.717, 1.165) is 24.2 Å². The standard InChI is InChI=1S/C19H22N6O4S3/c1-2-3-9-25(19-21-8-10-30-19)32(28,29)14-6-4-13(5-7-14)22-17(27)12-31-18-23-15(20)11-16(26)24-18/h4-8,10-11H,2-3,9,12H2,1H3,(H,22,27)(H3,20,23,24,26). The summed E-state index contributed by atoms with van der Waals surface area (Å²) in [6.07, 6.45) is 3.12. The molecule has 0 fully saturated rings. The van der Waals surface area contributed by atoms with Crippen molar-refractivity contribution in [1.82, 2.24) is 15.0 Å². The van der Waals surface area contributed by atoms with Crippen molar-refractivity contribution in [3.8, 4) is 0 Å².